The standard InChI is InChI=1S/C6H5N3O5/c7-14-4-1-2-5(8(10)11)6(3-4)9(12)13/h1-3H,7H2. The van der Waals surface area contributed by atoms with Gasteiger partial charge in [-0.05, 0) is 6.07 Å². The van der Waals surface area contributed by atoms with Crippen LogP contribution in [0.25, 0.3) is 0 Å². The van der Waals surface area contributed by atoms with Crippen LogP contribution in [0.3, 0.4) is 0 Å². The molecule has 0 atom stereocenters. The third-order valence-electron chi connectivity index (χ3n) is 1.48. The lowest BCUT2D eigenvalue weighted by molar-refractivity contribution is -0.422. The summed E-state index contributed by atoms with van der Waals surface area (Å²) in [5.74, 6) is 4.74. The lowest BCUT2D eigenvalue weighted by atomic mass is 10.2. The minimum absolute atomic E-state index is 0.0118. The van der Waals surface area contributed by atoms with Gasteiger partial charge in [0.05, 0.1) is 15.9 Å². The maximum Gasteiger partial charge on any atom is 0.349 e. The van der Waals surface area contributed by atoms with Gasteiger partial charge in [-0.25, -0.2) is 0 Å². The number of rotatable bonds is 3. The molecule has 0 bridgehead atoms. The Morgan fingerprint density at radius 2 is 1.71 bits per heavy atom. The summed E-state index contributed by atoms with van der Waals surface area (Å²) in [5.41, 5.74) is -1.26. The molecule has 0 saturated carbocycles. The van der Waals surface area contributed by atoms with Crippen LogP contribution < -0.4 is 10.7 Å². The zero-order chi connectivity index (χ0) is 10.7. The van der Waals surface area contributed by atoms with Crippen molar-refractivity contribution in [3.8, 4) is 5.75 Å². The summed E-state index contributed by atoms with van der Waals surface area (Å²) in [6.45, 7) is 0. The van der Waals surface area contributed by atoms with Crippen LogP contribution in [0.1, 0.15) is 0 Å². The second-order valence-electron chi connectivity index (χ2n) is 2.28. The molecule has 0 radical (unpaired) electrons. The predicted molar refractivity (Wildman–Crippen MR) is 44.6 cm³/mol. The Morgan fingerprint density at radius 3 is 2.14 bits per heavy atom. The lowest BCUT2D eigenvalue weighted by Crippen LogP contribution is -2.03. The molecule has 1 rings (SSSR count). The number of nitro groups is 2. The number of hydrogen-bond donors (Lipinski definition) is 1. The maximum atomic E-state index is 10.4. The van der Waals surface area contributed by atoms with Gasteiger partial charge < -0.3 is 4.84 Å². The fourth-order valence-electron chi connectivity index (χ4n) is 0.877. The molecule has 0 saturated heterocycles. The van der Waals surface area contributed by atoms with Gasteiger partial charge in [-0.2, -0.15) is 5.90 Å². The van der Waals surface area contributed by atoms with Crippen molar-refractivity contribution in [2.45, 2.75) is 0 Å². The quantitative estimate of drug-likeness (QED) is 0.566. The van der Waals surface area contributed by atoms with Crippen LogP contribution in [-0.2, 0) is 0 Å². The fourth-order valence-corrected chi connectivity index (χ4v) is 0.877. The van der Waals surface area contributed by atoms with Crippen LogP contribution in [0.15, 0.2) is 18.2 Å². The van der Waals surface area contributed by atoms with E-state index in [1.807, 2.05) is 0 Å². The highest BCUT2D eigenvalue weighted by atomic mass is 16.6. The molecule has 1 aromatic carbocycles. The molecule has 1 aromatic rings. The van der Waals surface area contributed by atoms with Gasteiger partial charge in [-0.15, -0.1) is 0 Å². The van der Waals surface area contributed by atoms with Crippen molar-refractivity contribution < 1.29 is 14.7 Å². The SMILES string of the molecule is NOc1ccc([N+](=O)[O-])c([N+](=O)[O-])c1. The molecule has 8 heteroatoms. The smallest absolute Gasteiger partial charge is 0.349 e. The topological polar surface area (TPSA) is 122 Å². The Labute approximate surface area is 77.1 Å². The Bertz CT molecular complexity index is 391. The summed E-state index contributed by atoms with van der Waals surface area (Å²) in [7, 11) is 0. The largest absolute Gasteiger partial charge is 0.411 e. The second kappa shape index (κ2) is 3.66. The zero-order valence-corrected chi connectivity index (χ0v) is 6.75. The molecule has 0 amide bonds. The summed E-state index contributed by atoms with van der Waals surface area (Å²) in [5, 5.41) is 20.8. The highest BCUT2D eigenvalue weighted by Gasteiger charge is 2.24. The van der Waals surface area contributed by atoms with Crippen LogP contribution >= 0.6 is 0 Å². The molecule has 0 aliphatic heterocycles. The van der Waals surface area contributed by atoms with Gasteiger partial charge in [0.25, 0.3) is 0 Å². The first-order valence-electron chi connectivity index (χ1n) is 3.36. The van der Waals surface area contributed by atoms with Crippen molar-refractivity contribution >= 4 is 11.4 Å². The van der Waals surface area contributed by atoms with E-state index in [1.54, 1.807) is 0 Å². The van der Waals surface area contributed by atoms with Crippen LogP contribution in [0, 0.1) is 20.2 Å². The highest BCUT2D eigenvalue weighted by molar-refractivity contribution is 5.55. The van der Waals surface area contributed by atoms with Crippen LogP contribution in [0.5, 0.6) is 5.75 Å². The first-order valence-corrected chi connectivity index (χ1v) is 3.36. The molecule has 14 heavy (non-hydrogen) atoms. The van der Waals surface area contributed by atoms with Crippen molar-refractivity contribution in [3.63, 3.8) is 0 Å². The number of nitrogens with two attached hydrogens (primary N) is 1. The van der Waals surface area contributed by atoms with Crippen LogP contribution in [0.2, 0.25) is 0 Å². The van der Waals surface area contributed by atoms with E-state index >= 15 is 0 Å². The first-order chi connectivity index (χ1) is 6.56. The van der Waals surface area contributed by atoms with E-state index < -0.39 is 21.2 Å². The molecule has 74 valence electrons. The summed E-state index contributed by atoms with van der Waals surface area (Å²) in [6, 6.07) is 3.02. The summed E-state index contributed by atoms with van der Waals surface area (Å²) in [4.78, 5) is 23.2. The van der Waals surface area contributed by atoms with Crippen molar-refractivity contribution in [1.82, 2.24) is 0 Å². The fraction of sp³-hybridized carbons (Fsp3) is 0. The van der Waals surface area contributed by atoms with Crippen molar-refractivity contribution in [2.24, 2.45) is 5.90 Å². The Morgan fingerprint density at radius 1 is 1.14 bits per heavy atom. The van der Waals surface area contributed by atoms with Gasteiger partial charge in [0, 0.05) is 6.07 Å². The maximum absolute atomic E-state index is 10.4. The third-order valence-corrected chi connectivity index (χ3v) is 1.48. The average molecular weight is 199 g/mol. The molecule has 0 unspecified atom stereocenters. The van der Waals surface area contributed by atoms with E-state index in [1.165, 1.54) is 6.07 Å². The third kappa shape index (κ3) is 1.75. The molecule has 0 heterocycles. The highest BCUT2D eigenvalue weighted by Crippen LogP contribution is 2.29. The predicted octanol–water partition coefficient (Wildman–Crippen LogP) is 0.755. The zero-order valence-electron chi connectivity index (χ0n) is 6.75. The molecule has 0 aromatic heterocycles. The van der Waals surface area contributed by atoms with Crippen LogP contribution in [0.4, 0.5) is 11.4 Å². The summed E-state index contributed by atoms with van der Waals surface area (Å²) >= 11 is 0. The van der Waals surface area contributed by atoms with Crippen molar-refractivity contribution in [2.75, 3.05) is 0 Å². The monoisotopic (exact) mass is 199 g/mol. The molecule has 0 fully saturated rings. The number of nitrogens with zero attached hydrogens (tertiary/aromatic N) is 2. The van der Waals surface area contributed by atoms with Gasteiger partial charge in [0.15, 0.2) is 5.75 Å². The summed E-state index contributed by atoms with van der Waals surface area (Å²) in [6.07, 6.45) is 0. The molecular weight excluding hydrogens is 194 g/mol. The normalized spacial score (nSPS) is 9.50. The minimum Gasteiger partial charge on any atom is -0.411 e. The van der Waals surface area contributed by atoms with Gasteiger partial charge in [-0.1, -0.05) is 0 Å². The molecule has 0 aliphatic rings. The summed E-state index contributed by atoms with van der Waals surface area (Å²) < 4.78 is 0. The second-order valence-corrected chi connectivity index (χ2v) is 2.28. The lowest BCUT2D eigenvalue weighted by Gasteiger charge is -1.98. The minimum atomic E-state index is -0.874. The van der Waals surface area contributed by atoms with E-state index in [0.29, 0.717) is 0 Å². The van der Waals surface area contributed by atoms with Crippen molar-refractivity contribution in [3.05, 3.63) is 38.4 Å². The van der Waals surface area contributed by atoms with Crippen LogP contribution in [-0.4, -0.2) is 9.85 Å². The van der Waals surface area contributed by atoms with E-state index in [0.717, 1.165) is 12.1 Å². The first kappa shape index (κ1) is 9.86. The molecule has 8 nitrogen and oxygen atoms in total. The van der Waals surface area contributed by atoms with Gasteiger partial charge in [0.1, 0.15) is 0 Å². The van der Waals surface area contributed by atoms with E-state index in [2.05, 4.69) is 4.84 Å². The van der Waals surface area contributed by atoms with E-state index in [4.69, 9.17) is 5.90 Å². The van der Waals surface area contributed by atoms with E-state index in [9.17, 15) is 20.2 Å². The van der Waals surface area contributed by atoms with Gasteiger partial charge in [0.2, 0.25) is 0 Å². The molecular formula is C6H5N3O5. The number of hydrogen-bond acceptors (Lipinski definition) is 6. The van der Waals surface area contributed by atoms with Gasteiger partial charge in [-0.3, -0.25) is 20.2 Å². The Hall–Kier alpha value is -2.22. The number of nitro benzene ring substituents is 2. The van der Waals surface area contributed by atoms with Crippen molar-refractivity contribution in [1.29, 1.82) is 0 Å². The van der Waals surface area contributed by atoms with E-state index in [-0.39, 0.29) is 5.75 Å². The Kier molecular flexibility index (Phi) is 2.58. The molecule has 0 spiro atoms. The molecule has 2 N–H and O–H groups in total. The number of benzene rings is 1. The van der Waals surface area contributed by atoms with Gasteiger partial charge >= 0.3 is 11.4 Å². The molecule has 0 aliphatic carbocycles. The Balaban J connectivity index is 3.31. The average Bonchev–Trinajstić information content (AvgIpc) is 2.16.